The summed E-state index contributed by atoms with van der Waals surface area (Å²) in [5, 5.41) is 0. The van der Waals surface area contributed by atoms with Crippen LogP contribution < -0.4 is 0 Å². The van der Waals surface area contributed by atoms with Crippen LogP contribution in [-0.2, 0) is 4.79 Å². The lowest BCUT2D eigenvalue weighted by atomic mass is 11.1. The van der Waals surface area contributed by atoms with E-state index in [1.54, 1.807) is 4.58 Å². The molecular weight excluding hydrogens is 102 g/mol. The Morgan fingerprint density at radius 2 is 1.12 bits per heavy atom. The molecule has 0 fully saturated rings. The van der Waals surface area contributed by atoms with E-state index in [2.05, 4.69) is 6.72 Å². The molecular formula is C6H18NO+. The molecule has 0 rings (SSSR count). The maximum absolute atomic E-state index is 8.00. The number of hydrogen-bond acceptors (Lipinski definition) is 1. The zero-order valence-electron chi connectivity index (χ0n) is 4.27. The van der Waals surface area contributed by atoms with Crippen molar-refractivity contribution < 1.29 is 9.37 Å². The van der Waals surface area contributed by atoms with Crippen LogP contribution >= 0.6 is 0 Å². The molecule has 0 N–H and O–H groups in total. The molecule has 0 aromatic heterocycles. The summed E-state index contributed by atoms with van der Waals surface area (Å²) in [6, 6.07) is 0. The summed E-state index contributed by atoms with van der Waals surface area (Å²) in [6.45, 7) is 5.47. The summed E-state index contributed by atoms with van der Waals surface area (Å²) in [6.07, 6.45) is 0. The SMILES string of the molecule is C.C.C=O.C=[N+](C)C. The Bertz CT molecular complexity index is 39.8. The number of carbonyl (C=O) groups excluding carboxylic acids is 1. The third-order valence-corrected chi connectivity index (χ3v) is 0. The van der Waals surface area contributed by atoms with Crippen molar-refractivity contribution in [3.8, 4) is 0 Å². The summed E-state index contributed by atoms with van der Waals surface area (Å²) in [7, 11) is 3.78. The van der Waals surface area contributed by atoms with Crippen molar-refractivity contribution in [1.82, 2.24) is 0 Å². The first-order valence-corrected chi connectivity index (χ1v) is 1.50. The van der Waals surface area contributed by atoms with Crippen LogP contribution in [0.4, 0.5) is 0 Å². The van der Waals surface area contributed by atoms with Crippen molar-refractivity contribution in [3.05, 3.63) is 0 Å². The highest BCUT2D eigenvalue weighted by atomic mass is 16.1. The van der Waals surface area contributed by atoms with Gasteiger partial charge in [-0.05, 0) is 0 Å². The Kier molecular flexibility index (Phi) is 109. The standard InChI is InChI=1S/C3H8N.CH2O.2CH4/c1-4(2)3;1-2;;/h1H2,2-3H3;1H2;2*1H4/q+1;;;. The van der Waals surface area contributed by atoms with E-state index in [1.807, 2.05) is 20.9 Å². The lowest BCUT2D eigenvalue weighted by molar-refractivity contribution is -0.454. The van der Waals surface area contributed by atoms with E-state index >= 15 is 0 Å². The summed E-state index contributed by atoms with van der Waals surface area (Å²) < 4.78 is 1.75. The lowest BCUT2D eigenvalue weighted by Crippen LogP contribution is -1.86. The number of nitrogens with zero attached hydrogens (tertiary/aromatic N) is 1. The lowest BCUT2D eigenvalue weighted by Gasteiger charge is -1.65. The minimum Gasteiger partial charge on any atom is -0.307 e. The Morgan fingerprint density at radius 3 is 1.12 bits per heavy atom. The van der Waals surface area contributed by atoms with Gasteiger partial charge in [0.05, 0.1) is 0 Å². The van der Waals surface area contributed by atoms with Gasteiger partial charge in [0.1, 0.15) is 27.6 Å². The fourth-order valence-corrected chi connectivity index (χ4v) is 0. The molecule has 0 aromatic carbocycles. The van der Waals surface area contributed by atoms with Gasteiger partial charge in [-0.15, -0.1) is 0 Å². The second-order valence-corrected chi connectivity index (χ2v) is 1.08. The van der Waals surface area contributed by atoms with E-state index in [0.29, 0.717) is 0 Å². The van der Waals surface area contributed by atoms with E-state index in [1.165, 1.54) is 0 Å². The van der Waals surface area contributed by atoms with Gasteiger partial charge in [0.15, 0.2) is 0 Å². The van der Waals surface area contributed by atoms with Crippen LogP contribution in [0.15, 0.2) is 0 Å². The van der Waals surface area contributed by atoms with Gasteiger partial charge in [0, 0.05) is 0 Å². The van der Waals surface area contributed by atoms with Gasteiger partial charge in [0.2, 0.25) is 0 Å². The quantitative estimate of drug-likeness (QED) is 0.345. The first kappa shape index (κ1) is 26.4. The van der Waals surface area contributed by atoms with Crippen LogP contribution in [0.25, 0.3) is 0 Å². The fourth-order valence-electron chi connectivity index (χ4n) is 0. The van der Waals surface area contributed by atoms with Crippen LogP contribution in [0.5, 0.6) is 0 Å². The summed E-state index contributed by atoms with van der Waals surface area (Å²) in [4.78, 5) is 8.00. The van der Waals surface area contributed by atoms with Crippen molar-refractivity contribution >= 4 is 13.5 Å². The molecule has 0 amide bonds. The van der Waals surface area contributed by atoms with Crippen LogP contribution in [0.3, 0.4) is 0 Å². The van der Waals surface area contributed by atoms with E-state index in [4.69, 9.17) is 4.79 Å². The minimum absolute atomic E-state index is 0. The Labute approximate surface area is 52.8 Å². The second-order valence-electron chi connectivity index (χ2n) is 1.08. The van der Waals surface area contributed by atoms with Gasteiger partial charge in [-0.2, -0.15) is 0 Å². The molecule has 0 aliphatic rings. The Balaban J connectivity index is -0.0000000183. The average Bonchev–Trinajstić information content (AvgIpc) is 1.41. The van der Waals surface area contributed by atoms with Gasteiger partial charge in [-0.1, -0.05) is 14.9 Å². The zero-order valence-corrected chi connectivity index (χ0v) is 4.27. The second kappa shape index (κ2) is 33.0. The fraction of sp³-hybridized carbons (Fsp3) is 0.667. The highest BCUT2D eigenvalue weighted by molar-refractivity contribution is 5.13. The van der Waals surface area contributed by atoms with Crippen molar-refractivity contribution in [2.75, 3.05) is 14.1 Å². The maximum Gasteiger partial charge on any atom is 0.131 e. The molecule has 0 unspecified atom stereocenters. The molecule has 52 valence electrons. The van der Waals surface area contributed by atoms with Gasteiger partial charge >= 0.3 is 0 Å². The van der Waals surface area contributed by atoms with Crippen LogP contribution in [0, 0.1) is 0 Å². The Morgan fingerprint density at radius 1 is 1.12 bits per heavy atom. The molecule has 0 aliphatic heterocycles. The molecule has 2 heteroatoms. The predicted octanol–water partition coefficient (Wildman–Crippen LogP) is 1.05. The van der Waals surface area contributed by atoms with Gasteiger partial charge < -0.3 is 4.79 Å². The molecule has 0 spiro atoms. The molecule has 0 heterocycles. The van der Waals surface area contributed by atoms with Crippen LogP contribution in [0.1, 0.15) is 14.9 Å². The first-order chi connectivity index (χ1) is 2.73. The highest BCUT2D eigenvalue weighted by Crippen LogP contribution is 1.30. The molecule has 0 aliphatic carbocycles. The van der Waals surface area contributed by atoms with Crippen LogP contribution in [0.2, 0.25) is 0 Å². The monoisotopic (exact) mass is 120 g/mol. The van der Waals surface area contributed by atoms with Crippen LogP contribution in [-0.4, -0.2) is 32.2 Å². The van der Waals surface area contributed by atoms with E-state index in [9.17, 15) is 0 Å². The van der Waals surface area contributed by atoms with E-state index in [-0.39, 0.29) is 14.9 Å². The van der Waals surface area contributed by atoms with Gasteiger partial charge in [-0.3, -0.25) is 0 Å². The summed E-state index contributed by atoms with van der Waals surface area (Å²) in [5.74, 6) is 0. The number of carbonyl (C=O) groups is 1. The summed E-state index contributed by atoms with van der Waals surface area (Å²) >= 11 is 0. The molecule has 0 aromatic rings. The normalized spacial score (nSPS) is 3.75. The molecule has 0 atom stereocenters. The van der Waals surface area contributed by atoms with E-state index < -0.39 is 0 Å². The van der Waals surface area contributed by atoms with Crippen molar-refractivity contribution in [2.45, 2.75) is 14.9 Å². The number of rotatable bonds is 0. The highest BCUT2D eigenvalue weighted by Gasteiger charge is 1.53. The molecule has 0 saturated heterocycles. The van der Waals surface area contributed by atoms with E-state index in [0.717, 1.165) is 0 Å². The minimum atomic E-state index is 0. The Hall–Kier alpha value is -0.660. The molecule has 8 heavy (non-hydrogen) atoms. The first-order valence-electron chi connectivity index (χ1n) is 1.50. The third kappa shape index (κ3) is 231. The molecule has 0 saturated carbocycles. The van der Waals surface area contributed by atoms with Crippen molar-refractivity contribution in [3.63, 3.8) is 0 Å². The molecule has 0 bridgehead atoms. The maximum atomic E-state index is 8.00. The smallest absolute Gasteiger partial charge is 0.131 e. The largest absolute Gasteiger partial charge is 0.307 e. The zero-order chi connectivity index (χ0) is 5.58. The number of hydrogen-bond donors (Lipinski definition) is 0. The predicted molar refractivity (Wildman–Crippen MR) is 39.8 cm³/mol. The average molecular weight is 120 g/mol. The van der Waals surface area contributed by atoms with Crippen molar-refractivity contribution in [1.29, 1.82) is 0 Å². The summed E-state index contributed by atoms with van der Waals surface area (Å²) in [5.41, 5.74) is 0. The van der Waals surface area contributed by atoms with Crippen molar-refractivity contribution in [2.24, 2.45) is 0 Å². The molecule has 0 radical (unpaired) electrons. The molecule has 2 nitrogen and oxygen atoms in total. The van der Waals surface area contributed by atoms with Gasteiger partial charge in [-0.25, -0.2) is 4.58 Å². The third-order valence-electron chi connectivity index (χ3n) is 0. The van der Waals surface area contributed by atoms with Gasteiger partial charge in [0.25, 0.3) is 0 Å². The topological polar surface area (TPSA) is 20.1 Å².